The number of carboxylic acids is 1. The molecule has 0 spiro atoms. The molecule has 1 N–H and O–H groups in total. The lowest BCUT2D eigenvalue weighted by Gasteiger charge is -2.29. The van der Waals surface area contributed by atoms with Crippen LogP contribution < -0.4 is 9.47 Å². The molecule has 7 nitrogen and oxygen atoms in total. The number of fused-ring (bicyclic) bond motifs is 2. The van der Waals surface area contributed by atoms with Gasteiger partial charge in [-0.3, -0.25) is 19.3 Å². The maximum absolute atomic E-state index is 13.6. The molecule has 1 aliphatic heterocycles. The highest BCUT2D eigenvalue weighted by Crippen LogP contribution is 2.40. The van der Waals surface area contributed by atoms with Crippen LogP contribution in [0.3, 0.4) is 0 Å². The normalized spacial score (nSPS) is 19.1. The molecule has 0 radical (unpaired) electrons. The molecule has 1 atom stereocenters. The Morgan fingerprint density at radius 1 is 0.750 bits per heavy atom. The Morgan fingerprint density at radius 2 is 1.27 bits per heavy atom. The molecule has 0 bridgehead atoms. The first kappa shape index (κ1) is 26.4. The number of benzene rings is 3. The summed E-state index contributed by atoms with van der Waals surface area (Å²) >= 11 is 0. The van der Waals surface area contributed by atoms with E-state index >= 15 is 0 Å². The van der Waals surface area contributed by atoms with Gasteiger partial charge in [-0.25, -0.2) is 0 Å². The molecule has 2 fully saturated rings. The molecule has 3 aromatic carbocycles. The van der Waals surface area contributed by atoms with E-state index in [1.807, 2.05) is 30.3 Å². The van der Waals surface area contributed by atoms with E-state index in [2.05, 4.69) is 0 Å². The van der Waals surface area contributed by atoms with Crippen LogP contribution in [0, 0.1) is 0 Å². The monoisotopic (exact) mass is 541 g/mol. The average Bonchev–Trinajstić information content (AvgIpc) is 3.21. The van der Waals surface area contributed by atoms with E-state index in [0.29, 0.717) is 28.2 Å². The number of nitrogens with zero attached hydrogens (tertiary/aromatic N) is 1. The predicted molar refractivity (Wildman–Crippen MR) is 151 cm³/mol. The average molecular weight is 542 g/mol. The molecule has 2 amide bonds. The Balaban J connectivity index is 1.36. The van der Waals surface area contributed by atoms with Crippen LogP contribution in [0.2, 0.25) is 0 Å². The van der Waals surface area contributed by atoms with E-state index in [9.17, 15) is 19.5 Å². The van der Waals surface area contributed by atoms with Crippen molar-refractivity contribution in [2.45, 2.75) is 88.9 Å². The minimum Gasteiger partial charge on any atom is -0.487 e. The first-order valence-electron chi connectivity index (χ1n) is 14.6. The Kier molecular flexibility index (Phi) is 7.46. The number of carboxylic acid groups (broad SMARTS) is 1. The Hall–Kier alpha value is -3.87. The standard InChI is InChI=1S/C33H35NO6/c35-31(36)20-28(34-32(37)26-17-21-9-7-8-10-22(21)18-27(26)33(34)38)23-15-16-29(39-24-11-3-1-4-12-24)30(19-23)40-25-13-5-2-6-14-25/h7-10,15-19,24-25,28H,1-6,11-14,20H2,(H,35,36). The SMILES string of the molecule is O=C(O)CC(c1ccc(OC2CCCCC2)c(OC2CCCCC2)c1)N1C(=O)c2cc3ccccc3cc2C1=O. The highest BCUT2D eigenvalue weighted by Gasteiger charge is 2.42. The second kappa shape index (κ2) is 11.3. The summed E-state index contributed by atoms with van der Waals surface area (Å²) in [4.78, 5) is 40.4. The van der Waals surface area contributed by atoms with Crippen molar-refractivity contribution in [2.24, 2.45) is 0 Å². The van der Waals surface area contributed by atoms with Crippen molar-refractivity contribution in [1.82, 2.24) is 4.90 Å². The van der Waals surface area contributed by atoms with Gasteiger partial charge in [0.2, 0.25) is 0 Å². The number of ether oxygens (including phenoxy) is 2. The smallest absolute Gasteiger partial charge is 0.305 e. The molecule has 2 saturated carbocycles. The van der Waals surface area contributed by atoms with E-state index in [1.54, 1.807) is 24.3 Å². The van der Waals surface area contributed by atoms with Crippen molar-refractivity contribution in [3.63, 3.8) is 0 Å². The Labute approximate surface area is 234 Å². The highest BCUT2D eigenvalue weighted by atomic mass is 16.5. The van der Waals surface area contributed by atoms with Gasteiger partial charge in [0, 0.05) is 0 Å². The molecule has 1 heterocycles. The number of carbonyl (C=O) groups is 3. The van der Waals surface area contributed by atoms with Gasteiger partial charge in [0.1, 0.15) is 0 Å². The summed E-state index contributed by atoms with van der Waals surface area (Å²) in [6.45, 7) is 0. The zero-order valence-electron chi connectivity index (χ0n) is 22.6. The molecule has 2 aliphatic carbocycles. The van der Waals surface area contributed by atoms with Gasteiger partial charge in [0.05, 0.1) is 35.8 Å². The lowest BCUT2D eigenvalue weighted by atomic mass is 9.97. The van der Waals surface area contributed by atoms with Crippen molar-refractivity contribution >= 4 is 28.6 Å². The molecule has 0 saturated heterocycles. The molecular formula is C33H35NO6. The number of hydrogen-bond acceptors (Lipinski definition) is 5. The number of hydrogen-bond donors (Lipinski definition) is 1. The number of aliphatic carboxylic acids is 1. The summed E-state index contributed by atoms with van der Waals surface area (Å²) in [6, 6.07) is 15.4. The van der Waals surface area contributed by atoms with E-state index in [4.69, 9.17) is 9.47 Å². The lowest BCUT2D eigenvalue weighted by Crippen LogP contribution is -2.35. The summed E-state index contributed by atoms with van der Waals surface area (Å²) in [5.41, 5.74) is 1.15. The maximum Gasteiger partial charge on any atom is 0.305 e. The van der Waals surface area contributed by atoms with Crippen LogP contribution in [0.4, 0.5) is 0 Å². The van der Waals surface area contributed by atoms with Crippen molar-refractivity contribution in [1.29, 1.82) is 0 Å². The Morgan fingerprint density at radius 3 is 1.80 bits per heavy atom. The van der Waals surface area contributed by atoms with Crippen LogP contribution in [0.15, 0.2) is 54.6 Å². The third-order valence-electron chi connectivity index (χ3n) is 8.51. The van der Waals surface area contributed by atoms with Gasteiger partial charge in [0.15, 0.2) is 11.5 Å². The molecule has 1 unspecified atom stereocenters. The first-order valence-corrected chi connectivity index (χ1v) is 14.6. The Bertz CT molecular complexity index is 1380. The molecule has 208 valence electrons. The van der Waals surface area contributed by atoms with Crippen molar-refractivity contribution in [3.05, 3.63) is 71.3 Å². The third-order valence-corrected chi connectivity index (χ3v) is 8.51. The highest BCUT2D eigenvalue weighted by molar-refractivity contribution is 6.23. The number of amides is 2. The minimum atomic E-state index is -1.09. The number of imide groups is 1. The molecule has 7 heteroatoms. The van der Waals surface area contributed by atoms with Gasteiger partial charge in [-0.15, -0.1) is 0 Å². The van der Waals surface area contributed by atoms with Crippen LogP contribution in [-0.4, -0.2) is 40.0 Å². The molecule has 0 aromatic heterocycles. The fourth-order valence-electron chi connectivity index (χ4n) is 6.40. The largest absolute Gasteiger partial charge is 0.487 e. The molecule has 6 rings (SSSR count). The zero-order chi connectivity index (χ0) is 27.6. The van der Waals surface area contributed by atoms with Crippen molar-refractivity contribution in [2.75, 3.05) is 0 Å². The predicted octanol–water partition coefficient (Wildman–Crippen LogP) is 7.07. The second-order valence-corrected chi connectivity index (χ2v) is 11.3. The van der Waals surface area contributed by atoms with E-state index < -0.39 is 30.2 Å². The van der Waals surface area contributed by atoms with Crippen LogP contribution in [0.1, 0.15) is 103 Å². The summed E-state index contributed by atoms with van der Waals surface area (Å²) < 4.78 is 12.9. The van der Waals surface area contributed by atoms with Gasteiger partial charge in [-0.2, -0.15) is 0 Å². The van der Waals surface area contributed by atoms with E-state index in [-0.39, 0.29) is 12.2 Å². The van der Waals surface area contributed by atoms with E-state index in [0.717, 1.165) is 67.0 Å². The van der Waals surface area contributed by atoms with E-state index in [1.165, 1.54) is 12.8 Å². The molecule has 3 aromatic rings. The summed E-state index contributed by atoms with van der Waals surface area (Å²) in [5, 5.41) is 11.6. The topological polar surface area (TPSA) is 93.1 Å². The number of carbonyl (C=O) groups excluding carboxylic acids is 2. The zero-order valence-corrected chi connectivity index (χ0v) is 22.6. The quantitative estimate of drug-likeness (QED) is 0.307. The first-order chi connectivity index (χ1) is 19.5. The lowest BCUT2D eigenvalue weighted by molar-refractivity contribution is -0.138. The third kappa shape index (κ3) is 5.29. The molecule has 40 heavy (non-hydrogen) atoms. The molecular weight excluding hydrogens is 506 g/mol. The van der Waals surface area contributed by atoms with Gasteiger partial charge < -0.3 is 14.6 Å². The van der Waals surface area contributed by atoms with Gasteiger partial charge in [0.25, 0.3) is 11.8 Å². The van der Waals surface area contributed by atoms with Crippen LogP contribution in [0.5, 0.6) is 11.5 Å². The van der Waals surface area contributed by atoms with Gasteiger partial charge in [-0.05, 0) is 92.0 Å². The summed E-state index contributed by atoms with van der Waals surface area (Å²) in [5.74, 6) is -0.843. The van der Waals surface area contributed by atoms with Gasteiger partial charge in [-0.1, -0.05) is 43.2 Å². The van der Waals surface area contributed by atoms with Crippen LogP contribution >= 0.6 is 0 Å². The molecule has 3 aliphatic rings. The maximum atomic E-state index is 13.6. The summed E-state index contributed by atoms with van der Waals surface area (Å²) in [6.07, 6.45) is 10.6. The number of rotatable bonds is 8. The fraction of sp³-hybridized carbons (Fsp3) is 0.424. The van der Waals surface area contributed by atoms with Crippen LogP contribution in [-0.2, 0) is 4.79 Å². The van der Waals surface area contributed by atoms with Crippen molar-refractivity contribution in [3.8, 4) is 11.5 Å². The minimum absolute atomic E-state index is 0.0577. The van der Waals surface area contributed by atoms with Crippen LogP contribution in [0.25, 0.3) is 10.8 Å². The fourth-order valence-corrected chi connectivity index (χ4v) is 6.40. The summed E-state index contributed by atoms with van der Waals surface area (Å²) in [7, 11) is 0. The second-order valence-electron chi connectivity index (χ2n) is 11.3. The van der Waals surface area contributed by atoms with Gasteiger partial charge >= 0.3 is 5.97 Å². The van der Waals surface area contributed by atoms with Crippen molar-refractivity contribution < 1.29 is 29.0 Å².